The van der Waals surface area contributed by atoms with E-state index in [1.54, 1.807) is 30.3 Å². The molecule has 1 aromatic heterocycles. The number of oxazole rings is 1. The lowest BCUT2D eigenvalue weighted by molar-refractivity contribution is -0.113. The number of carbonyl (C=O) groups excluding carboxylic acids is 1. The first kappa shape index (κ1) is 13.9. The lowest BCUT2D eigenvalue weighted by Crippen LogP contribution is -2.12. The molecule has 1 N–H and O–H groups in total. The molecule has 4 nitrogen and oxygen atoms in total. The van der Waals surface area contributed by atoms with Crippen LogP contribution in [0.2, 0.25) is 5.02 Å². The van der Waals surface area contributed by atoms with Crippen molar-refractivity contribution in [3.63, 3.8) is 0 Å². The van der Waals surface area contributed by atoms with E-state index in [4.69, 9.17) is 27.6 Å². The number of hydrogen-bond donors (Lipinski definition) is 1. The van der Waals surface area contributed by atoms with E-state index in [9.17, 15) is 4.79 Å². The molecule has 0 saturated heterocycles. The van der Waals surface area contributed by atoms with E-state index < -0.39 is 0 Å². The summed E-state index contributed by atoms with van der Waals surface area (Å²) in [4.78, 5) is 15.7. The maximum atomic E-state index is 11.3. The molecule has 3 rings (SSSR count). The molecule has 2 aromatic carbocycles. The quantitative estimate of drug-likeness (QED) is 0.731. The summed E-state index contributed by atoms with van der Waals surface area (Å²) in [5.74, 6) is 0.112. The standard InChI is InChI=1S/C15H10Cl2N2O2/c16-8-14(20)18-11-4-5-12-13(7-11)21-15(19-12)9-2-1-3-10(17)6-9/h1-7H,8H2,(H,18,20). The fourth-order valence-corrected chi connectivity index (χ4v) is 2.20. The molecule has 0 fully saturated rings. The number of nitrogens with one attached hydrogen (secondary N) is 1. The average molecular weight is 321 g/mol. The summed E-state index contributed by atoms with van der Waals surface area (Å²) in [6.45, 7) is 0. The van der Waals surface area contributed by atoms with Gasteiger partial charge in [0.1, 0.15) is 11.4 Å². The second kappa shape index (κ2) is 5.76. The van der Waals surface area contributed by atoms with Crippen molar-refractivity contribution in [2.75, 3.05) is 11.2 Å². The van der Waals surface area contributed by atoms with Gasteiger partial charge >= 0.3 is 0 Å². The third-order valence-corrected chi connectivity index (χ3v) is 3.34. The summed E-state index contributed by atoms with van der Waals surface area (Å²) < 4.78 is 5.71. The van der Waals surface area contributed by atoms with Gasteiger partial charge in [-0.05, 0) is 30.3 Å². The minimum Gasteiger partial charge on any atom is -0.436 e. The maximum absolute atomic E-state index is 11.3. The van der Waals surface area contributed by atoms with Crippen molar-refractivity contribution in [2.45, 2.75) is 0 Å². The van der Waals surface area contributed by atoms with Gasteiger partial charge in [-0.15, -0.1) is 11.6 Å². The van der Waals surface area contributed by atoms with Gasteiger partial charge in [-0.2, -0.15) is 0 Å². The summed E-state index contributed by atoms with van der Waals surface area (Å²) in [6, 6.07) is 12.5. The van der Waals surface area contributed by atoms with Gasteiger partial charge < -0.3 is 9.73 Å². The number of hydrogen-bond acceptors (Lipinski definition) is 3. The smallest absolute Gasteiger partial charge is 0.239 e. The predicted molar refractivity (Wildman–Crippen MR) is 83.8 cm³/mol. The van der Waals surface area contributed by atoms with Crippen LogP contribution in [0.3, 0.4) is 0 Å². The Morgan fingerprint density at radius 1 is 1.24 bits per heavy atom. The molecule has 0 aliphatic rings. The van der Waals surface area contributed by atoms with E-state index in [1.165, 1.54) is 0 Å². The third kappa shape index (κ3) is 3.01. The SMILES string of the molecule is O=C(CCl)Nc1ccc2nc(-c3cccc(Cl)c3)oc2c1. The van der Waals surface area contributed by atoms with Crippen LogP contribution in [0.1, 0.15) is 0 Å². The molecule has 0 spiro atoms. The number of aromatic nitrogens is 1. The van der Waals surface area contributed by atoms with Gasteiger partial charge in [-0.1, -0.05) is 17.7 Å². The Balaban J connectivity index is 1.98. The van der Waals surface area contributed by atoms with Crippen molar-refractivity contribution < 1.29 is 9.21 Å². The first-order chi connectivity index (χ1) is 10.2. The molecule has 0 radical (unpaired) electrons. The highest BCUT2D eigenvalue weighted by Crippen LogP contribution is 2.27. The summed E-state index contributed by atoms with van der Waals surface area (Å²) >= 11 is 11.4. The molecule has 0 aliphatic carbocycles. The molecule has 21 heavy (non-hydrogen) atoms. The van der Waals surface area contributed by atoms with Crippen molar-refractivity contribution in [1.82, 2.24) is 4.98 Å². The molecular formula is C15H10Cl2N2O2. The number of rotatable bonds is 3. The van der Waals surface area contributed by atoms with Crippen LogP contribution in [0.25, 0.3) is 22.6 Å². The fourth-order valence-electron chi connectivity index (χ4n) is 1.94. The Bertz CT molecular complexity index is 814. The van der Waals surface area contributed by atoms with Gasteiger partial charge in [-0.3, -0.25) is 4.79 Å². The molecule has 0 atom stereocenters. The third-order valence-electron chi connectivity index (χ3n) is 2.87. The summed E-state index contributed by atoms with van der Waals surface area (Å²) in [7, 11) is 0. The van der Waals surface area contributed by atoms with E-state index in [2.05, 4.69) is 10.3 Å². The van der Waals surface area contributed by atoms with Crippen LogP contribution in [0.15, 0.2) is 46.9 Å². The topological polar surface area (TPSA) is 55.1 Å². The average Bonchev–Trinajstić information content (AvgIpc) is 2.90. The second-order valence-corrected chi connectivity index (χ2v) is 5.10. The maximum Gasteiger partial charge on any atom is 0.239 e. The van der Waals surface area contributed by atoms with Crippen LogP contribution in [0.4, 0.5) is 5.69 Å². The molecule has 0 aliphatic heterocycles. The van der Waals surface area contributed by atoms with E-state index in [1.807, 2.05) is 12.1 Å². The van der Waals surface area contributed by atoms with Crippen LogP contribution >= 0.6 is 23.2 Å². The van der Waals surface area contributed by atoms with Gasteiger partial charge in [0.2, 0.25) is 11.8 Å². The number of anilines is 1. The Kier molecular flexibility index (Phi) is 3.82. The Morgan fingerprint density at radius 3 is 2.86 bits per heavy atom. The normalized spacial score (nSPS) is 10.8. The van der Waals surface area contributed by atoms with Gasteiger partial charge in [-0.25, -0.2) is 4.98 Å². The van der Waals surface area contributed by atoms with Crippen LogP contribution in [-0.2, 0) is 4.79 Å². The lowest BCUT2D eigenvalue weighted by atomic mass is 10.2. The Hall–Kier alpha value is -2.04. The number of amides is 1. The van der Waals surface area contributed by atoms with Crippen LogP contribution < -0.4 is 5.32 Å². The van der Waals surface area contributed by atoms with E-state index in [-0.39, 0.29) is 11.8 Å². The van der Waals surface area contributed by atoms with Gasteiger partial charge in [0.25, 0.3) is 0 Å². The first-order valence-corrected chi connectivity index (χ1v) is 7.09. The van der Waals surface area contributed by atoms with Crippen LogP contribution in [0.5, 0.6) is 0 Å². The summed E-state index contributed by atoms with van der Waals surface area (Å²) in [5, 5.41) is 3.28. The van der Waals surface area contributed by atoms with Crippen molar-refractivity contribution in [3.8, 4) is 11.5 Å². The number of carbonyl (C=O) groups is 1. The number of fused-ring (bicyclic) bond motifs is 1. The Morgan fingerprint density at radius 2 is 2.10 bits per heavy atom. The van der Waals surface area contributed by atoms with Crippen molar-refractivity contribution in [1.29, 1.82) is 0 Å². The fraction of sp³-hybridized carbons (Fsp3) is 0.0667. The molecule has 3 aromatic rings. The van der Waals surface area contributed by atoms with Crippen LogP contribution in [0, 0.1) is 0 Å². The zero-order chi connectivity index (χ0) is 14.8. The molecule has 106 valence electrons. The number of benzene rings is 2. The monoisotopic (exact) mass is 320 g/mol. The van der Waals surface area contributed by atoms with Crippen LogP contribution in [-0.4, -0.2) is 16.8 Å². The molecule has 1 amide bonds. The lowest BCUT2D eigenvalue weighted by Gasteiger charge is -2.01. The van der Waals surface area contributed by atoms with E-state index in [0.29, 0.717) is 27.7 Å². The highest BCUT2D eigenvalue weighted by Gasteiger charge is 2.10. The second-order valence-electron chi connectivity index (χ2n) is 4.39. The van der Waals surface area contributed by atoms with Crippen molar-refractivity contribution >= 4 is 45.9 Å². The summed E-state index contributed by atoms with van der Waals surface area (Å²) in [5.41, 5.74) is 2.69. The van der Waals surface area contributed by atoms with Crippen molar-refractivity contribution in [3.05, 3.63) is 47.5 Å². The first-order valence-electron chi connectivity index (χ1n) is 6.18. The van der Waals surface area contributed by atoms with Gasteiger partial charge in [0.05, 0.1) is 0 Å². The number of alkyl halides is 1. The zero-order valence-electron chi connectivity index (χ0n) is 10.8. The molecule has 0 bridgehead atoms. The summed E-state index contributed by atoms with van der Waals surface area (Å²) in [6.07, 6.45) is 0. The van der Waals surface area contributed by atoms with Gasteiger partial charge in [0.15, 0.2) is 5.58 Å². The molecule has 6 heteroatoms. The number of nitrogens with zero attached hydrogens (tertiary/aromatic N) is 1. The van der Waals surface area contributed by atoms with Crippen molar-refractivity contribution in [2.24, 2.45) is 0 Å². The van der Waals surface area contributed by atoms with E-state index in [0.717, 1.165) is 5.56 Å². The molecule has 0 unspecified atom stereocenters. The number of halogens is 2. The largest absolute Gasteiger partial charge is 0.436 e. The predicted octanol–water partition coefficient (Wildman–Crippen LogP) is 4.33. The van der Waals surface area contributed by atoms with E-state index >= 15 is 0 Å². The zero-order valence-corrected chi connectivity index (χ0v) is 12.3. The Labute approximate surface area is 130 Å². The minimum absolute atomic E-state index is 0.0950. The molecule has 1 heterocycles. The highest BCUT2D eigenvalue weighted by molar-refractivity contribution is 6.30. The minimum atomic E-state index is -0.273. The molecular weight excluding hydrogens is 311 g/mol. The molecule has 0 saturated carbocycles. The highest BCUT2D eigenvalue weighted by atomic mass is 35.5. The van der Waals surface area contributed by atoms with Gasteiger partial charge in [0, 0.05) is 22.3 Å².